The molecule has 4 aromatic carbocycles. The van der Waals surface area contributed by atoms with Crippen LogP contribution in [-0.2, 0) is 11.0 Å². The minimum absolute atomic E-state index is 0.470. The lowest BCUT2D eigenvalue weighted by atomic mass is 10.1. The first-order valence-corrected chi connectivity index (χ1v) is 12.2. The lowest BCUT2D eigenvalue weighted by Gasteiger charge is -2.30. The average Bonchev–Trinajstić information content (AvgIpc) is 2.84. The molecule has 0 spiro atoms. The maximum absolute atomic E-state index is 14.6. The van der Waals surface area contributed by atoms with Crippen LogP contribution in [0.3, 0.4) is 0 Å². The highest BCUT2D eigenvalue weighted by atomic mass is 31.2. The molecule has 3 heteroatoms. The molecule has 0 aliphatic heterocycles. The van der Waals surface area contributed by atoms with E-state index in [0.29, 0.717) is 6.29 Å². The molecule has 0 heterocycles. The maximum atomic E-state index is 14.6. The fourth-order valence-electron chi connectivity index (χ4n) is 3.72. The molecule has 0 fully saturated rings. The van der Waals surface area contributed by atoms with E-state index in [1.54, 1.807) is 0 Å². The van der Waals surface area contributed by atoms with E-state index in [-0.39, 0.29) is 0 Å². The molecule has 0 bridgehead atoms. The number of benzene rings is 4. The van der Waals surface area contributed by atoms with E-state index < -0.39 is 7.14 Å². The van der Waals surface area contributed by atoms with Crippen LogP contribution in [0.1, 0.15) is 5.56 Å². The number of hydrogen-bond acceptors (Lipinski definition) is 2. The maximum Gasteiger partial charge on any atom is 0.161 e. The Morgan fingerprint density at radius 2 is 1.00 bits per heavy atom. The summed E-state index contributed by atoms with van der Waals surface area (Å²) in [7, 11) is -2.84. The number of rotatable bonds is 8. The van der Waals surface area contributed by atoms with Crippen molar-refractivity contribution >= 4 is 23.4 Å². The molecule has 2 nitrogen and oxygen atoms in total. The Labute approximate surface area is 179 Å². The zero-order valence-electron chi connectivity index (χ0n) is 17.0. The molecule has 0 saturated carbocycles. The van der Waals surface area contributed by atoms with Gasteiger partial charge >= 0.3 is 0 Å². The van der Waals surface area contributed by atoms with E-state index in [1.165, 1.54) is 5.56 Å². The minimum atomic E-state index is -2.84. The fraction of sp³-hybridized carbons (Fsp3) is 0.111. The zero-order valence-corrected chi connectivity index (χ0v) is 17.9. The first-order chi connectivity index (χ1) is 14.8. The van der Waals surface area contributed by atoms with E-state index in [1.807, 2.05) is 84.9 Å². The lowest BCUT2D eigenvalue weighted by Crippen LogP contribution is -2.32. The van der Waals surface area contributed by atoms with Crippen molar-refractivity contribution in [2.75, 3.05) is 17.7 Å². The van der Waals surface area contributed by atoms with Gasteiger partial charge in [0.15, 0.2) is 7.14 Å². The highest BCUT2D eigenvalue weighted by molar-refractivity contribution is 7.78. The number of anilines is 1. The summed E-state index contributed by atoms with van der Waals surface area (Å²) in [5.74, 6) is 0. The zero-order chi connectivity index (χ0) is 20.7. The molecule has 0 radical (unpaired) electrons. The molecule has 0 aromatic heterocycles. The Morgan fingerprint density at radius 3 is 1.50 bits per heavy atom. The minimum Gasteiger partial charge on any atom is -0.363 e. The lowest BCUT2D eigenvalue weighted by molar-refractivity contribution is 0.585. The summed E-state index contributed by atoms with van der Waals surface area (Å²) in [6.45, 7) is 0.803. The van der Waals surface area contributed by atoms with Gasteiger partial charge in [-0.15, -0.1) is 0 Å². The van der Waals surface area contributed by atoms with E-state index in [0.717, 1.165) is 29.3 Å². The normalized spacial score (nSPS) is 11.2. The molecule has 0 unspecified atom stereocenters. The first-order valence-electron chi connectivity index (χ1n) is 10.3. The summed E-state index contributed by atoms with van der Waals surface area (Å²) in [6.07, 6.45) is 1.37. The summed E-state index contributed by atoms with van der Waals surface area (Å²) >= 11 is 0. The highest BCUT2D eigenvalue weighted by Crippen LogP contribution is 2.44. The van der Waals surface area contributed by atoms with Crippen molar-refractivity contribution < 1.29 is 4.57 Å². The summed E-state index contributed by atoms with van der Waals surface area (Å²) in [4.78, 5) is 2.27. The van der Waals surface area contributed by atoms with Gasteiger partial charge in [-0.1, -0.05) is 109 Å². The Kier molecular flexibility index (Phi) is 6.47. The Morgan fingerprint density at radius 1 is 0.567 bits per heavy atom. The molecule has 0 atom stereocenters. The second-order valence-electron chi connectivity index (χ2n) is 7.39. The Hall–Kier alpha value is -3.09. The van der Waals surface area contributed by atoms with Crippen molar-refractivity contribution in [2.45, 2.75) is 6.42 Å². The van der Waals surface area contributed by atoms with Gasteiger partial charge in [0.05, 0.1) is 6.29 Å². The van der Waals surface area contributed by atoms with Crippen LogP contribution in [0.25, 0.3) is 0 Å². The van der Waals surface area contributed by atoms with Crippen LogP contribution >= 0.6 is 7.14 Å². The fourth-order valence-corrected chi connectivity index (χ4v) is 6.44. The van der Waals surface area contributed by atoms with Gasteiger partial charge in [-0.3, -0.25) is 0 Å². The summed E-state index contributed by atoms with van der Waals surface area (Å²) in [5.41, 5.74) is 2.38. The van der Waals surface area contributed by atoms with E-state index >= 15 is 0 Å². The molecule has 150 valence electrons. The van der Waals surface area contributed by atoms with Gasteiger partial charge in [0.2, 0.25) is 0 Å². The largest absolute Gasteiger partial charge is 0.363 e. The van der Waals surface area contributed by atoms with Crippen LogP contribution in [0.5, 0.6) is 0 Å². The van der Waals surface area contributed by atoms with E-state index in [4.69, 9.17) is 0 Å². The topological polar surface area (TPSA) is 20.3 Å². The van der Waals surface area contributed by atoms with Crippen molar-refractivity contribution in [2.24, 2.45) is 0 Å². The second kappa shape index (κ2) is 9.61. The van der Waals surface area contributed by atoms with Crippen LogP contribution in [0, 0.1) is 0 Å². The van der Waals surface area contributed by atoms with Crippen LogP contribution < -0.4 is 15.5 Å². The molecule has 30 heavy (non-hydrogen) atoms. The van der Waals surface area contributed by atoms with E-state index in [9.17, 15) is 4.57 Å². The Bertz CT molecular complexity index is 1040. The SMILES string of the molecule is O=P(CN(CCc1ccccc1)c1ccccc1)(c1ccccc1)c1ccccc1. The van der Waals surface area contributed by atoms with Crippen molar-refractivity contribution in [1.29, 1.82) is 0 Å². The summed E-state index contributed by atoms with van der Waals surface area (Å²) in [5, 5.41) is 1.80. The van der Waals surface area contributed by atoms with Gasteiger partial charge in [-0.05, 0) is 24.1 Å². The van der Waals surface area contributed by atoms with Gasteiger partial charge in [-0.25, -0.2) is 0 Å². The van der Waals surface area contributed by atoms with Gasteiger partial charge < -0.3 is 9.46 Å². The molecule has 0 saturated heterocycles. The number of para-hydroxylation sites is 1. The second-order valence-corrected chi connectivity index (χ2v) is 10.2. The van der Waals surface area contributed by atoms with Crippen LogP contribution in [0.2, 0.25) is 0 Å². The Balaban J connectivity index is 1.70. The molecule has 0 N–H and O–H groups in total. The molecular formula is C27H26NOP. The number of nitrogens with zero attached hydrogens (tertiary/aromatic N) is 1. The highest BCUT2D eigenvalue weighted by Gasteiger charge is 2.30. The standard InChI is InChI=1S/C27H26NOP/c29-30(26-17-9-3-10-18-26,27-19-11-4-12-20-27)23-28(25-15-7-2-8-16-25)22-21-24-13-5-1-6-14-24/h1-20H,21-23H2. The van der Waals surface area contributed by atoms with Crippen LogP contribution in [0.4, 0.5) is 5.69 Å². The molecule has 0 aliphatic rings. The predicted octanol–water partition coefficient (Wildman–Crippen LogP) is 5.71. The van der Waals surface area contributed by atoms with Crippen molar-refractivity contribution in [3.05, 3.63) is 127 Å². The molecule has 4 rings (SSSR count). The van der Waals surface area contributed by atoms with Crippen LogP contribution in [-0.4, -0.2) is 12.8 Å². The molecule has 0 aliphatic carbocycles. The molecular weight excluding hydrogens is 385 g/mol. The third kappa shape index (κ3) is 4.72. The van der Waals surface area contributed by atoms with Crippen LogP contribution in [0.15, 0.2) is 121 Å². The van der Waals surface area contributed by atoms with Crippen molar-refractivity contribution in [3.63, 3.8) is 0 Å². The third-order valence-electron chi connectivity index (χ3n) is 5.35. The van der Waals surface area contributed by atoms with Crippen molar-refractivity contribution in [1.82, 2.24) is 0 Å². The van der Waals surface area contributed by atoms with Gasteiger partial charge in [-0.2, -0.15) is 0 Å². The van der Waals surface area contributed by atoms with Gasteiger partial charge in [0, 0.05) is 22.8 Å². The molecule has 4 aromatic rings. The quantitative estimate of drug-likeness (QED) is 0.346. The monoisotopic (exact) mass is 411 g/mol. The van der Waals surface area contributed by atoms with E-state index in [2.05, 4.69) is 41.3 Å². The number of hydrogen-bond donors (Lipinski definition) is 0. The van der Waals surface area contributed by atoms with Gasteiger partial charge in [0.25, 0.3) is 0 Å². The average molecular weight is 411 g/mol. The third-order valence-corrected chi connectivity index (χ3v) is 8.36. The summed E-state index contributed by atoms with van der Waals surface area (Å²) < 4.78 is 14.6. The predicted molar refractivity (Wildman–Crippen MR) is 129 cm³/mol. The molecule has 0 amide bonds. The van der Waals surface area contributed by atoms with Gasteiger partial charge in [0.1, 0.15) is 0 Å². The first kappa shape index (κ1) is 20.2. The smallest absolute Gasteiger partial charge is 0.161 e. The van der Waals surface area contributed by atoms with Crippen molar-refractivity contribution in [3.8, 4) is 0 Å². The summed E-state index contributed by atoms with van der Waals surface area (Å²) in [6, 6.07) is 40.6.